The molecule has 0 aliphatic heterocycles. The first-order chi connectivity index (χ1) is 5.39. The second-order valence-corrected chi connectivity index (χ2v) is 2.31. The van der Waals surface area contributed by atoms with Gasteiger partial charge in [-0.3, -0.25) is 0 Å². The van der Waals surface area contributed by atoms with Gasteiger partial charge >= 0.3 is 0 Å². The minimum atomic E-state index is -2.29. The molecular weight excluding hydrogens is 185 g/mol. The van der Waals surface area contributed by atoms with Crippen LogP contribution in [0.3, 0.4) is 0 Å². The summed E-state index contributed by atoms with van der Waals surface area (Å²) < 4.78 is 33.7. The molecule has 0 saturated heterocycles. The van der Waals surface area contributed by atoms with Crippen molar-refractivity contribution in [1.82, 2.24) is 4.98 Å². The maximum absolute atomic E-state index is 12.6. The summed E-state index contributed by atoms with van der Waals surface area (Å²) in [6.07, 6.45) is 0. The van der Waals surface area contributed by atoms with Crippen molar-refractivity contribution in [3.05, 3.63) is 28.2 Å². The highest BCUT2D eigenvalue weighted by Crippen LogP contribution is 2.08. The van der Waals surface area contributed by atoms with Gasteiger partial charge in [-0.05, 0) is 40.5 Å². The molecule has 0 spiro atoms. The summed E-state index contributed by atoms with van der Waals surface area (Å²) in [6.45, 7) is -2.29. The predicted molar refractivity (Wildman–Crippen MR) is 36.6 cm³/mol. The van der Waals surface area contributed by atoms with Crippen LogP contribution in [-0.4, -0.2) is 4.98 Å². The minimum Gasteiger partial charge on any atom is -0.213 e. The van der Waals surface area contributed by atoms with Crippen molar-refractivity contribution >= 4 is 15.9 Å². The second-order valence-electron chi connectivity index (χ2n) is 1.50. The zero-order valence-electron chi connectivity index (χ0n) is 7.36. The molecule has 0 fully saturated rings. The molecule has 1 aromatic heterocycles. The van der Waals surface area contributed by atoms with Crippen LogP contribution in [0.1, 0.15) is 9.68 Å². The molecule has 0 atom stereocenters. The van der Waals surface area contributed by atoms with Crippen LogP contribution in [-0.2, 0) is 0 Å². The number of rotatable bonds is 0. The largest absolute Gasteiger partial charge is 0.214 e. The Morgan fingerprint density at radius 3 is 3.11 bits per heavy atom. The average molecular weight is 193 g/mol. The van der Waals surface area contributed by atoms with Crippen molar-refractivity contribution in [2.75, 3.05) is 0 Å². The summed E-state index contributed by atoms with van der Waals surface area (Å²) in [5.41, 5.74) is -0.0538. The van der Waals surface area contributed by atoms with E-state index < -0.39 is 12.8 Å². The molecule has 48 valence electrons. The van der Waals surface area contributed by atoms with Crippen LogP contribution in [0.25, 0.3) is 0 Å². The zero-order chi connectivity index (χ0) is 9.35. The molecule has 0 saturated carbocycles. The van der Waals surface area contributed by atoms with E-state index in [1.165, 1.54) is 6.07 Å². The third-order valence-electron chi connectivity index (χ3n) is 0.763. The maximum Gasteiger partial charge on any atom is 0.214 e. The Balaban J connectivity index is 3.18. The maximum atomic E-state index is 12.6. The molecule has 0 unspecified atom stereocenters. The number of hydrogen-bond donors (Lipinski definition) is 0. The molecule has 0 radical (unpaired) electrons. The van der Waals surface area contributed by atoms with Crippen molar-refractivity contribution < 1.29 is 8.50 Å². The molecule has 1 heterocycles. The molecule has 0 aromatic carbocycles. The van der Waals surface area contributed by atoms with E-state index in [1.807, 2.05) is 0 Å². The molecule has 0 N–H and O–H groups in total. The lowest BCUT2D eigenvalue weighted by Gasteiger charge is -1.91. The predicted octanol–water partition coefficient (Wildman–Crippen LogP) is 2.29. The zero-order valence-corrected chi connectivity index (χ0v) is 5.94. The molecule has 1 rings (SSSR count). The van der Waals surface area contributed by atoms with Crippen LogP contribution in [0.2, 0.25) is 0 Å². The fourth-order valence-corrected chi connectivity index (χ4v) is 0.881. The summed E-state index contributed by atoms with van der Waals surface area (Å²) in [5.74, 6) is -0.796. The van der Waals surface area contributed by atoms with Crippen LogP contribution in [0.4, 0.5) is 4.39 Å². The first-order valence-corrected chi connectivity index (χ1v) is 3.02. The average Bonchev–Trinajstić information content (AvgIpc) is 1.82. The lowest BCUT2D eigenvalue weighted by Crippen LogP contribution is -1.83. The van der Waals surface area contributed by atoms with Gasteiger partial charge in [0.15, 0.2) is 0 Å². The molecular formula is C6H5BrFN. The van der Waals surface area contributed by atoms with E-state index in [-0.39, 0.29) is 10.2 Å². The van der Waals surface area contributed by atoms with E-state index in [0.717, 1.165) is 6.07 Å². The van der Waals surface area contributed by atoms with Gasteiger partial charge in [-0.25, -0.2) is 4.98 Å². The summed E-state index contributed by atoms with van der Waals surface area (Å²) in [5, 5.41) is 0. The molecule has 9 heavy (non-hydrogen) atoms. The highest BCUT2D eigenvalue weighted by atomic mass is 79.9. The highest BCUT2D eigenvalue weighted by Gasteiger charge is 1.93. The standard InChI is InChI=1S/C6H5BrFN/c1-4-2-5(7)9-6(8)3-4/h2-3H,1H3/i1D3. The van der Waals surface area contributed by atoms with E-state index in [9.17, 15) is 4.39 Å². The van der Waals surface area contributed by atoms with Gasteiger partial charge in [-0.1, -0.05) is 0 Å². The Bertz CT molecular complexity index is 279. The molecule has 0 aliphatic rings. The number of nitrogens with zero attached hydrogens (tertiary/aromatic N) is 1. The van der Waals surface area contributed by atoms with E-state index >= 15 is 0 Å². The van der Waals surface area contributed by atoms with Gasteiger partial charge in [0.25, 0.3) is 0 Å². The first-order valence-electron chi connectivity index (χ1n) is 3.73. The highest BCUT2D eigenvalue weighted by molar-refractivity contribution is 9.10. The summed E-state index contributed by atoms with van der Waals surface area (Å²) in [4.78, 5) is 3.35. The summed E-state index contributed by atoms with van der Waals surface area (Å²) in [7, 11) is 0. The molecule has 0 aliphatic carbocycles. The van der Waals surface area contributed by atoms with E-state index in [4.69, 9.17) is 4.11 Å². The van der Waals surface area contributed by atoms with Crippen molar-refractivity contribution in [1.29, 1.82) is 0 Å². The SMILES string of the molecule is [2H]C([2H])([2H])c1cc(F)nc(Br)c1. The minimum absolute atomic E-state index is 0.0538. The van der Waals surface area contributed by atoms with Gasteiger partial charge in [-0.15, -0.1) is 0 Å². The number of halogens is 2. The fourth-order valence-electron chi connectivity index (χ4n) is 0.465. The smallest absolute Gasteiger partial charge is 0.213 e. The first kappa shape index (κ1) is 3.66. The number of aryl methyl sites for hydroxylation is 1. The lowest BCUT2D eigenvalue weighted by molar-refractivity contribution is 0.579. The Morgan fingerprint density at radius 1 is 1.78 bits per heavy atom. The van der Waals surface area contributed by atoms with E-state index in [2.05, 4.69) is 20.9 Å². The van der Waals surface area contributed by atoms with Gasteiger partial charge < -0.3 is 0 Å². The Morgan fingerprint density at radius 2 is 2.56 bits per heavy atom. The van der Waals surface area contributed by atoms with E-state index in [0.29, 0.717) is 0 Å². The molecule has 0 amide bonds. The molecule has 0 bridgehead atoms. The Labute approximate surface area is 65.3 Å². The topological polar surface area (TPSA) is 12.9 Å². The van der Waals surface area contributed by atoms with Crippen molar-refractivity contribution in [3.63, 3.8) is 0 Å². The van der Waals surface area contributed by atoms with Gasteiger partial charge in [0.1, 0.15) is 4.60 Å². The number of pyridine rings is 1. The molecule has 1 nitrogen and oxygen atoms in total. The lowest BCUT2D eigenvalue weighted by atomic mass is 10.3. The van der Waals surface area contributed by atoms with Crippen LogP contribution in [0.15, 0.2) is 16.7 Å². The quantitative estimate of drug-likeness (QED) is 0.576. The third kappa shape index (κ3) is 1.75. The number of aromatic nitrogens is 1. The Kier molecular flexibility index (Phi) is 0.990. The second kappa shape index (κ2) is 2.43. The molecule has 1 aromatic rings. The monoisotopic (exact) mass is 192 g/mol. The van der Waals surface area contributed by atoms with Crippen LogP contribution >= 0.6 is 15.9 Å². The van der Waals surface area contributed by atoms with Gasteiger partial charge in [-0.2, -0.15) is 4.39 Å². The van der Waals surface area contributed by atoms with Gasteiger partial charge in [0.2, 0.25) is 5.95 Å². The van der Waals surface area contributed by atoms with Crippen molar-refractivity contribution in [2.24, 2.45) is 0 Å². The summed E-state index contributed by atoms with van der Waals surface area (Å²) in [6, 6.07) is 2.17. The van der Waals surface area contributed by atoms with Crippen LogP contribution in [0, 0.1) is 12.8 Å². The van der Waals surface area contributed by atoms with E-state index in [1.54, 1.807) is 0 Å². The normalized spacial score (nSPS) is 16.0. The van der Waals surface area contributed by atoms with Crippen molar-refractivity contribution in [3.8, 4) is 0 Å². The van der Waals surface area contributed by atoms with Crippen molar-refractivity contribution in [2.45, 2.75) is 6.85 Å². The molecule has 3 heteroatoms. The number of hydrogen-bond acceptors (Lipinski definition) is 1. The third-order valence-corrected chi connectivity index (χ3v) is 1.17. The Hall–Kier alpha value is -0.440. The van der Waals surface area contributed by atoms with Gasteiger partial charge in [0, 0.05) is 4.11 Å². The van der Waals surface area contributed by atoms with Crippen LogP contribution in [0.5, 0.6) is 0 Å². The van der Waals surface area contributed by atoms with Gasteiger partial charge in [0.05, 0.1) is 0 Å². The summed E-state index contributed by atoms with van der Waals surface area (Å²) >= 11 is 2.90. The van der Waals surface area contributed by atoms with Crippen LogP contribution < -0.4 is 0 Å². The fraction of sp³-hybridized carbons (Fsp3) is 0.167.